The van der Waals surface area contributed by atoms with Gasteiger partial charge in [-0.2, -0.15) is 5.10 Å². The Kier molecular flexibility index (Phi) is 5.76. The standard InChI is InChI=1S/C12H17N5S3/c1-4-7-8(6-13)10(15-14-9(7)5-2)19-12-17-16-11(18-3)20-12/h4-6,13H2,1-3H3. The van der Waals surface area contributed by atoms with Gasteiger partial charge in [0.15, 0.2) is 8.68 Å². The number of rotatable bonds is 6. The molecular formula is C12H17N5S3. The van der Waals surface area contributed by atoms with Gasteiger partial charge in [-0.3, -0.25) is 0 Å². The van der Waals surface area contributed by atoms with Crippen LogP contribution in [0.4, 0.5) is 0 Å². The fraction of sp³-hybridized carbons (Fsp3) is 0.500. The molecule has 20 heavy (non-hydrogen) atoms. The van der Waals surface area contributed by atoms with Crippen LogP contribution in [0.15, 0.2) is 13.7 Å². The molecule has 0 radical (unpaired) electrons. The van der Waals surface area contributed by atoms with Crippen molar-refractivity contribution in [3.05, 3.63) is 16.8 Å². The molecular weight excluding hydrogens is 310 g/mol. The lowest BCUT2D eigenvalue weighted by molar-refractivity contribution is 0.781. The Hall–Kier alpha value is -0.700. The average molecular weight is 328 g/mol. The van der Waals surface area contributed by atoms with Gasteiger partial charge in [-0.1, -0.05) is 36.9 Å². The Morgan fingerprint density at radius 2 is 1.75 bits per heavy atom. The number of hydrogen-bond acceptors (Lipinski definition) is 8. The molecule has 0 spiro atoms. The fourth-order valence-corrected chi connectivity index (χ4v) is 4.39. The summed E-state index contributed by atoms with van der Waals surface area (Å²) in [6.07, 6.45) is 3.79. The molecule has 2 heterocycles. The molecule has 0 amide bonds. The predicted octanol–water partition coefficient (Wildman–Crippen LogP) is 2.78. The lowest BCUT2D eigenvalue weighted by atomic mass is 10.0. The van der Waals surface area contributed by atoms with Crippen molar-refractivity contribution in [2.45, 2.75) is 46.9 Å². The van der Waals surface area contributed by atoms with Crippen LogP contribution in [-0.2, 0) is 19.4 Å². The van der Waals surface area contributed by atoms with Crippen molar-refractivity contribution in [3.63, 3.8) is 0 Å². The molecule has 2 aromatic heterocycles. The van der Waals surface area contributed by atoms with E-state index in [1.807, 2.05) is 6.26 Å². The van der Waals surface area contributed by atoms with Gasteiger partial charge in [0, 0.05) is 12.1 Å². The van der Waals surface area contributed by atoms with Crippen LogP contribution in [0, 0.1) is 0 Å². The number of thioether (sulfide) groups is 1. The largest absolute Gasteiger partial charge is 0.326 e. The van der Waals surface area contributed by atoms with Gasteiger partial charge < -0.3 is 5.73 Å². The first kappa shape index (κ1) is 15.7. The van der Waals surface area contributed by atoms with Gasteiger partial charge in [-0.05, 0) is 36.4 Å². The van der Waals surface area contributed by atoms with Crippen LogP contribution in [0.5, 0.6) is 0 Å². The molecule has 0 atom stereocenters. The summed E-state index contributed by atoms with van der Waals surface area (Å²) in [6.45, 7) is 4.69. The second-order valence-electron chi connectivity index (χ2n) is 3.96. The van der Waals surface area contributed by atoms with Crippen LogP contribution in [0.3, 0.4) is 0 Å². The summed E-state index contributed by atoms with van der Waals surface area (Å²) in [5, 5.41) is 17.8. The molecule has 0 aliphatic carbocycles. The van der Waals surface area contributed by atoms with E-state index in [2.05, 4.69) is 34.2 Å². The van der Waals surface area contributed by atoms with Crippen molar-refractivity contribution >= 4 is 34.9 Å². The number of hydrogen-bond donors (Lipinski definition) is 1. The number of aryl methyl sites for hydroxylation is 1. The quantitative estimate of drug-likeness (QED) is 0.817. The molecule has 2 rings (SSSR count). The molecule has 0 bridgehead atoms. The molecule has 0 fully saturated rings. The Morgan fingerprint density at radius 1 is 1.00 bits per heavy atom. The Morgan fingerprint density at radius 3 is 2.30 bits per heavy atom. The first-order valence-electron chi connectivity index (χ1n) is 6.36. The third-order valence-electron chi connectivity index (χ3n) is 2.87. The van der Waals surface area contributed by atoms with Gasteiger partial charge in [-0.15, -0.1) is 15.3 Å². The highest BCUT2D eigenvalue weighted by molar-refractivity contribution is 8.03. The lowest BCUT2D eigenvalue weighted by Crippen LogP contribution is -2.10. The summed E-state index contributed by atoms with van der Waals surface area (Å²) < 4.78 is 1.83. The molecule has 0 unspecified atom stereocenters. The van der Waals surface area contributed by atoms with E-state index in [4.69, 9.17) is 5.73 Å². The van der Waals surface area contributed by atoms with E-state index in [1.165, 1.54) is 17.3 Å². The van der Waals surface area contributed by atoms with E-state index in [0.29, 0.717) is 6.54 Å². The minimum absolute atomic E-state index is 0.474. The van der Waals surface area contributed by atoms with Crippen molar-refractivity contribution in [2.24, 2.45) is 5.73 Å². The van der Waals surface area contributed by atoms with Crippen LogP contribution in [0.2, 0.25) is 0 Å². The Balaban J connectivity index is 2.35. The summed E-state index contributed by atoms with van der Waals surface area (Å²) in [6, 6.07) is 0. The minimum atomic E-state index is 0.474. The topological polar surface area (TPSA) is 77.6 Å². The maximum atomic E-state index is 5.92. The second-order valence-corrected chi connectivity index (χ2v) is 7.23. The summed E-state index contributed by atoms with van der Waals surface area (Å²) in [7, 11) is 0. The molecule has 0 saturated carbocycles. The van der Waals surface area contributed by atoms with Gasteiger partial charge in [0.2, 0.25) is 0 Å². The van der Waals surface area contributed by atoms with Crippen molar-refractivity contribution in [1.82, 2.24) is 20.4 Å². The van der Waals surface area contributed by atoms with Gasteiger partial charge in [0.05, 0.1) is 5.69 Å². The molecule has 0 saturated heterocycles. The zero-order chi connectivity index (χ0) is 14.5. The highest BCUT2D eigenvalue weighted by atomic mass is 32.2. The lowest BCUT2D eigenvalue weighted by Gasteiger charge is -2.12. The Bertz CT molecular complexity index is 584. The van der Waals surface area contributed by atoms with E-state index in [-0.39, 0.29) is 0 Å². The van der Waals surface area contributed by atoms with Crippen molar-refractivity contribution < 1.29 is 0 Å². The zero-order valence-corrected chi connectivity index (χ0v) is 14.2. The van der Waals surface area contributed by atoms with Crippen molar-refractivity contribution in [3.8, 4) is 0 Å². The summed E-state index contributed by atoms with van der Waals surface area (Å²) in [5.74, 6) is 0. The van der Waals surface area contributed by atoms with Crippen LogP contribution < -0.4 is 5.73 Å². The van der Waals surface area contributed by atoms with E-state index in [9.17, 15) is 0 Å². The van der Waals surface area contributed by atoms with Gasteiger partial charge in [0.25, 0.3) is 0 Å². The third kappa shape index (κ3) is 3.30. The fourth-order valence-electron chi connectivity index (χ4n) is 1.93. The number of nitrogens with zero attached hydrogens (tertiary/aromatic N) is 4. The molecule has 108 valence electrons. The molecule has 2 N–H and O–H groups in total. The zero-order valence-electron chi connectivity index (χ0n) is 11.7. The molecule has 0 aliphatic heterocycles. The van der Waals surface area contributed by atoms with E-state index in [0.717, 1.165) is 37.8 Å². The number of nitrogens with two attached hydrogens (primary N) is 1. The third-order valence-corrected chi connectivity index (χ3v) is 5.84. The Labute approximate surface area is 131 Å². The minimum Gasteiger partial charge on any atom is -0.326 e. The van der Waals surface area contributed by atoms with E-state index < -0.39 is 0 Å². The second kappa shape index (κ2) is 7.35. The summed E-state index contributed by atoms with van der Waals surface area (Å²) >= 11 is 4.66. The SMILES string of the molecule is CCc1nnc(Sc2nnc(SC)s2)c(CN)c1CC. The summed E-state index contributed by atoms with van der Waals surface area (Å²) in [5.41, 5.74) is 9.27. The molecule has 8 heteroatoms. The van der Waals surface area contributed by atoms with Gasteiger partial charge in [-0.25, -0.2) is 0 Å². The van der Waals surface area contributed by atoms with E-state index >= 15 is 0 Å². The van der Waals surface area contributed by atoms with Crippen LogP contribution in [-0.4, -0.2) is 26.7 Å². The van der Waals surface area contributed by atoms with E-state index in [1.54, 1.807) is 23.1 Å². The molecule has 0 aliphatic rings. The van der Waals surface area contributed by atoms with Crippen molar-refractivity contribution in [2.75, 3.05) is 6.26 Å². The first-order valence-corrected chi connectivity index (χ1v) is 9.21. The first-order chi connectivity index (χ1) is 9.73. The highest BCUT2D eigenvalue weighted by Crippen LogP contribution is 2.34. The van der Waals surface area contributed by atoms with Crippen molar-refractivity contribution in [1.29, 1.82) is 0 Å². The van der Waals surface area contributed by atoms with Gasteiger partial charge in [0.1, 0.15) is 5.03 Å². The predicted molar refractivity (Wildman–Crippen MR) is 84.5 cm³/mol. The molecule has 0 aromatic carbocycles. The molecule has 2 aromatic rings. The maximum Gasteiger partial charge on any atom is 0.181 e. The normalized spacial score (nSPS) is 11.0. The highest BCUT2D eigenvalue weighted by Gasteiger charge is 2.16. The maximum absolute atomic E-state index is 5.92. The van der Waals surface area contributed by atoms with Crippen LogP contribution >= 0.6 is 34.9 Å². The average Bonchev–Trinajstić information content (AvgIpc) is 2.94. The van der Waals surface area contributed by atoms with Crippen LogP contribution in [0.1, 0.15) is 30.7 Å². The van der Waals surface area contributed by atoms with Gasteiger partial charge >= 0.3 is 0 Å². The smallest absolute Gasteiger partial charge is 0.181 e. The van der Waals surface area contributed by atoms with Crippen LogP contribution in [0.25, 0.3) is 0 Å². The molecule has 5 nitrogen and oxygen atoms in total. The number of aromatic nitrogens is 4. The monoisotopic (exact) mass is 327 g/mol. The summed E-state index contributed by atoms with van der Waals surface area (Å²) in [4.78, 5) is 0.